The number of aromatic nitrogens is 1. The molecular formula is C21H23ClN3OS+. The first kappa shape index (κ1) is 19.5. The number of hydrogen-bond donors (Lipinski definition) is 2. The van der Waals surface area contributed by atoms with E-state index in [1.54, 1.807) is 0 Å². The second kappa shape index (κ2) is 9.13. The van der Waals surface area contributed by atoms with Gasteiger partial charge in [-0.15, -0.1) is 11.3 Å². The average molecular weight is 401 g/mol. The monoisotopic (exact) mass is 400 g/mol. The molecule has 1 aromatic heterocycles. The van der Waals surface area contributed by atoms with Gasteiger partial charge in [-0.25, -0.2) is 4.98 Å². The van der Waals surface area contributed by atoms with E-state index in [9.17, 15) is 4.79 Å². The van der Waals surface area contributed by atoms with Gasteiger partial charge >= 0.3 is 0 Å². The molecule has 0 bridgehead atoms. The van der Waals surface area contributed by atoms with Crippen molar-refractivity contribution in [2.24, 2.45) is 0 Å². The van der Waals surface area contributed by atoms with Gasteiger partial charge in [0, 0.05) is 21.7 Å². The molecule has 140 valence electrons. The molecule has 3 rings (SSSR count). The number of anilines is 1. The number of thiazole rings is 1. The Morgan fingerprint density at radius 1 is 1.22 bits per heavy atom. The lowest BCUT2D eigenvalue weighted by Gasteiger charge is -2.11. The van der Waals surface area contributed by atoms with Crippen molar-refractivity contribution < 1.29 is 10.1 Å². The van der Waals surface area contributed by atoms with Crippen LogP contribution in [0.4, 0.5) is 5.69 Å². The van der Waals surface area contributed by atoms with Crippen molar-refractivity contribution >= 4 is 34.5 Å². The van der Waals surface area contributed by atoms with Crippen LogP contribution in [0.25, 0.3) is 0 Å². The summed E-state index contributed by atoms with van der Waals surface area (Å²) in [6, 6.07) is 15.9. The molecule has 6 heteroatoms. The Morgan fingerprint density at radius 3 is 2.70 bits per heavy atom. The number of quaternary nitrogens is 1. The van der Waals surface area contributed by atoms with E-state index in [1.807, 2.05) is 60.8 Å². The molecule has 3 aromatic rings. The predicted molar refractivity (Wildman–Crippen MR) is 111 cm³/mol. The first-order valence-corrected chi connectivity index (χ1v) is 10.1. The first-order valence-electron chi connectivity index (χ1n) is 8.89. The van der Waals surface area contributed by atoms with Crippen molar-refractivity contribution in [3.05, 3.63) is 80.8 Å². The summed E-state index contributed by atoms with van der Waals surface area (Å²) in [4.78, 5) is 16.8. The maximum Gasteiger partial charge on any atom is 0.231 e. The van der Waals surface area contributed by atoms with Crippen molar-refractivity contribution in [3.63, 3.8) is 0 Å². The van der Waals surface area contributed by atoms with Crippen LogP contribution in [0.3, 0.4) is 0 Å². The minimum absolute atomic E-state index is 0.0480. The Hall–Kier alpha value is -2.21. The normalized spacial score (nSPS) is 12.0. The molecule has 3 N–H and O–H groups in total. The summed E-state index contributed by atoms with van der Waals surface area (Å²) in [6.45, 7) is 4.90. The van der Waals surface area contributed by atoms with Crippen molar-refractivity contribution in [3.8, 4) is 0 Å². The zero-order valence-electron chi connectivity index (χ0n) is 15.4. The van der Waals surface area contributed by atoms with Gasteiger partial charge in [0.2, 0.25) is 5.91 Å². The molecule has 27 heavy (non-hydrogen) atoms. The van der Waals surface area contributed by atoms with E-state index < -0.39 is 0 Å². The van der Waals surface area contributed by atoms with Gasteiger partial charge in [0.1, 0.15) is 23.3 Å². The summed E-state index contributed by atoms with van der Waals surface area (Å²) in [5.41, 5.74) is 4.08. The molecule has 1 heterocycles. The van der Waals surface area contributed by atoms with Crippen LogP contribution >= 0.6 is 22.9 Å². The number of amides is 1. The van der Waals surface area contributed by atoms with Gasteiger partial charge in [-0.3, -0.25) is 4.79 Å². The second-order valence-electron chi connectivity index (χ2n) is 6.57. The molecule has 0 unspecified atom stereocenters. The zero-order valence-corrected chi connectivity index (χ0v) is 17.0. The Labute approximate surface area is 168 Å². The standard InChI is InChI=1S/C21H22ClN3OS/c1-14-7-9-16(10-8-14)24-20(26)11-21-25-17(13-27-21)12-23-15(2)18-5-3-4-6-19(18)22/h3-10,13,15,23H,11-12H2,1-2H3,(H,24,26)/p+1/t15-/m1/s1. The van der Waals surface area contributed by atoms with E-state index in [0.29, 0.717) is 6.42 Å². The van der Waals surface area contributed by atoms with Crippen molar-refractivity contribution in [1.29, 1.82) is 0 Å². The summed E-state index contributed by atoms with van der Waals surface area (Å²) >= 11 is 7.78. The van der Waals surface area contributed by atoms with Crippen LogP contribution in [0.1, 0.15) is 34.8 Å². The number of nitrogens with one attached hydrogen (secondary N) is 1. The fourth-order valence-corrected chi connectivity index (χ4v) is 3.89. The van der Waals surface area contributed by atoms with Gasteiger partial charge in [0.15, 0.2) is 0 Å². The molecule has 0 radical (unpaired) electrons. The van der Waals surface area contributed by atoms with E-state index in [-0.39, 0.29) is 11.9 Å². The van der Waals surface area contributed by atoms with Crippen LogP contribution in [0.2, 0.25) is 5.02 Å². The minimum Gasteiger partial charge on any atom is -0.335 e. The van der Waals surface area contributed by atoms with Gasteiger partial charge in [0.05, 0.1) is 6.42 Å². The summed E-state index contributed by atoms with van der Waals surface area (Å²) < 4.78 is 0. The van der Waals surface area contributed by atoms with E-state index >= 15 is 0 Å². The second-order valence-corrected chi connectivity index (χ2v) is 7.92. The average Bonchev–Trinajstić information content (AvgIpc) is 3.09. The number of rotatable bonds is 7. The molecule has 0 aliphatic rings. The summed E-state index contributed by atoms with van der Waals surface area (Å²) in [6.07, 6.45) is 0.290. The molecule has 0 aliphatic heterocycles. The molecule has 0 aliphatic carbocycles. The van der Waals surface area contributed by atoms with Crippen LogP contribution in [0.5, 0.6) is 0 Å². The number of halogens is 1. The van der Waals surface area contributed by atoms with Crippen molar-refractivity contribution in [2.75, 3.05) is 5.32 Å². The number of benzene rings is 2. The highest BCUT2D eigenvalue weighted by molar-refractivity contribution is 7.09. The van der Waals surface area contributed by atoms with E-state index in [2.05, 4.69) is 22.5 Å². The highest BCUT2D eigenvalue weighted by Gasteiger charge is 2.14. The Kier molecular flexibility index (Phi) is 6.61. The topological polar surface area (TPSA) is 58.6 Å². The number of aryl methyl sites for hydroxylation is 1. The summed E-state index contributed by atoms with van der Waals surface area (Å²) in [5, 5.41) is 8.74. The molecule has 0 fully saturated rings. The molecule has 0 saturated carbocycles. The third-order valence-corrected chi connectivity index (χ3v) is 5.56. The maximum absolute atomic E-state index is 12.2. The Morgan fingerprint density at radius 2 is 1.96 bits per heavy atom. The molecular weight excluding hydrogens is 378 g/mol. The van der Waals surface area contributed by atoms with Crippen molar-refractivity contribution in [1.82, 2.24) is 4.98 Å². The van der Waals surface area contributed by atoms with Crippen LogP contribution in [0, 0.1) is 6.92 Å². The Bertz CT molecular complexity index is 908. The van der Waals surface area contributed by atoms with Gasteiger partial charge in [-0.05, 0) is 32.0 Å². The van der Waals surface area contributed by atoms with Gasteiger partial charge in [-0.2, -0.15) is 0 Å². The number of nitrogens with two attached hydrogens (primary N) is 1. The summed E-state index contributed by atoms with van der Waals surface area (Å²) in [5.74, 6) is -0.0480. The Balaban J connectivity index is 1.51. The van der Waals surface area contributed by atoms with Gasteiger partial charge in [-0.1, -0.05) is 47.5 Å². The molecule has 4 nitrogen and oxygen atoms in total. The molecule has 0 spiro atoms. The SMILES string of the molecule is Cc1ccc(NC(=O)Cc2nc(C[NH2+][C@H](C)c3ccccc3Cl)cs2)cc1. The predicted octanol–water partition coefficient (Wildman–Crippen LogP) is 4.11. The lowest BCUT2D eigenvalue weighted by atomic mass is 10.1. The highest BCUT2D eigenvalue weighted by atomic mass is 35.5. The molecule has 1 amide bonds. The smallest absolute Gasteiger partial charge is 0.231 e. The quantitative estimate of drug-likeness (QED) is 0.627. The fourth-order valence-electron chi connectivity index (χ4n) is 2.77. The fraction of sp³-hybridized carbons (Fsp3) is 0.238. The van der Waals surface area contributed by atoms with E-state index in [0.717, 1.165) is 33.5 Å². The third kappa shape index (κ3) is 5.63. The lowest BCUT2D eigenvalue weighted by molar-refractivity contribution is -0.708. The molecule has 1 atom stereocenters. The van der Waals surface area contributed by atoms with Crippen LogP contribution < -0.4 is 10.6 Å². The van der Waals surface area contributed by atoms with Gasteiger partial charge in [0.25, 0.3) is 0 Å². The summed E-state index contributed by atoms with van der Waals surface area (Å²) in [7, 11) is 0. The first-order chi connectivity index (χ1) is 13.0. The van der Waals surface area contributed by atoms with Crippen LogP contribution in [-0.2, 0) is 17.8 Å². The van der Waals surface area contributed by atoms with Crippen LogP contribution in [0.15, 0.2) is 53.9 Å². The van der Waals surface area contributed by atoms with Crippen LogP contribution in [-0.4, -0.2) is 10.9 Å². The number of hydrogen-bond acceptors (Lipinski definition) is 3. The van der Waals surface area contributed by atoms with Gasteiger partial charge < -0.3 is 10.6 Å². The maximum atomic E-state index is 12.2. The number of nitrogens with zero attached hydrogens (tertiary/aromatic N) is 1. The molecule has 2 aromatic carbocycles. The van der Waals surface area contributed by atoms with E-state index in [4.69, 9.17) is 11.6 Å². The molecule has 0 saturated heterocycles. The minimum atomic E-state index is -0.0480. The third-order valence-electron chi connectivity index (χ3n) is 4.32. The van der Waals surface area contributed by atoms with E-state index in [1.165, 1.54) is 16.9 Å². The highest BCUT2D eigenvalue weighted by Crippen LogP contribution is 2.20. The largest absolute Gasteiger partial charge is 0.335 e. The van der Waals surface area contributed by atoms with Crippen molar-refractivity contribution in [2.45, 2.75) is 32.9 Å². The number of carbonyl (C=O) groups is 1. The zero-order chi connectivity index (χ0) is 19.2. The number of carbonyl (C=O) groups excluding carboxylic acids is 1. The lowest BCUT2D eigenvalue weighted by Crippen LogP contribution is -2.83.